The molecular weight excluding hydrogens is 594 g/mol. The van der Waals surface area contributed by atoms with Crippen molar-refractivity contribution in [2.24, 2.45) is 11.7 Å². The van der Waals surface area contributed by atoms with Gasteiger partial charge in [-0.25, -0.2) is 9.78 Å². The summed E-state index contributed by atoms with van der Waals surface area (Å²) in [5, 5.41) is 32.7. The van der Waals surface area contributed by atoms with Gasteiger partial charge in [-0.2, -0.15) is 8.42 Å². The van der Waals surface area contributed by atoms with Crippen LogP contribution in [0.1, 0.15) is 56.0 Å². The van der Waals surface area contributed by atoms with Gasteiger partial charge < -0.3 is 31.3 Å². The molecule has 1 saturated carbocycles. The number of carbonyl (C=O) groups is 3. The minimum Gasteiger partial charge on any atom is -0.481 e. The van der Waals surface area contributed by atoms with Crippen LogP contribution in [0.15, 0.2) is 54.6 Å². The lowest BCUT2D eigenvalue weighted by atomic mass is 9.80. The van der Waals surface area contributed by atoms with E-state index in [0.717, 1.165) is 19.3 Å². The first-order valence-corrected chi connectivity index (χ1v) is 15.1. The van der Waals surface area contributed by atoms with Crippen molar-refractivity contribution >= 4 is 39.4 Å². The van der Waals surface area contributed by atoms with E-state index in [0.29, 0.717) is 17.5 Å². The monoisotopic (exact) mass is 627 g/mol. The Kier molecular flexibility index (Phi) is 11.1. The Morgan fingerprint density at radius 1 is 1.05 bits per heavy atom. The van der Waals surface area contributed by atoms with Crippen molar-refractivity contribution in [1.82, 2.24) is 10.3 Å². The van der Waals surface area contributed by atoms with Gasteiger partial charge in [0.25, 0.3) is 21.9 Å². The second-order valence-corrected chi connectivity index (χ2v) is 11.4. The maximum absolute atomic E-state index is 13.3. The quantitative estimate of drug-likeness (QED) is 0.0977. The number of nitrogens with one attached hydrogen (secondary N) is 3. The van der Waals surface area contributed by atoms with E-state index in [1.54, 1.807) is 24.3 Å². The number of nitrogen functional groups attached to an aromatic ring is 1. The van der Waals surface area contributed by atoms with E-state index in [9.17, 15) is 33.0 Å². The summed E-state index contributed by atoms with van der Waals surface area (Å²) >= 11 is 0. The van der Waals surface area contributed by atoms with Crippen LogP contribution in [0.3, 0.4) is 0 Å². The predicted octanol–water partition coefficient (Wildman–Crippen LogP) is 2.39. The summed E-state index contributed by atoms with van der Waals surface area (Å²) in [5.41, 5.74) is 6.62. The van der Waals surface area contributed by atoms with Gasteiger partial charge in [0, 0.05) is 28.4 Å². The molecule has 1 aliphatic carbocycles. The third-order valence-electron chi connectivity index (χ3n) is 6.78. The molecule has 1 heterocycles. The molecule has 4 rings (SSSR count). The molecule has 1 unspecified atom stereocenters. The SMILES string of the molecule is COc1ccc(-c2ccc(C(=O)NC(CO)C3CCC3)cc2C(=O)O)c(C(=O)Nc2ccc(C(=N)N)cc2)n1.CS(=O)(=O)O. The molecule has 44 heavy (non-hydrogen) atoms. The average molecular weight is 628 g/mol. The van der Waals surface area contributed by atoms with Crippen LogP contribution in [-0.4, -0.2) is 77.8 Å². The fraction of sp³-hybridized carbons (Fsp3) is 0.276. The van der Waals surface area contributed by atoms with Gasteiger partial charge in [-0.15, -0.1) is 0 Å². The number of nitrogens with two attached hydrogens (primary N) is 1. The molecule has 234 valence electrons. The summed E-state index contributed by atoms with van der Waals surface area (Å²) in [7, 11) is -2.27. The molecule has 0 radical (unpaired) electrons. The molecule has 2 amide bonds. The van der Waals surface area contributed by atoms with Crippen molar-refractivity contribution in [1.29, 1.82) is 5.41 Å². The highest BCUT2D eigenvalue weighted by molar-refractivity contribution is 7.85. The maximum atomic E-state index is 13.3. The number of methoxy groups -OCH3 is 1. The lowest BCUT2D eigenvalue weighted by Gasteiger charge is -2.33. The van der Waals surface area contributed by atoms with Crippen LogP contribution in [0.4, 0.5) is 5.69 Å². The van der Waals surface area contributed by atoms with Crippen LogP contribution in [-0.2, 0) is 10.1 Å². The Hall–Kier alpha value is -4.86. The minimum atomic E-state index is -3.67. The van der Waals surface area contributed by atoms with Crippen LogP contribution < -0.4 is 21.1 Å². The number of aromatic nitrogens is 1. The topological polar surface area (TPSA) is 242 Å². The number of hydrogen-bond donors (Lipinski definition) is 7. The van der Waals surface area contributed by atoms with Crippen molar-refractivity contribution in [3.8, 4) is 17.0 Å². The van der Waals surface area contributed by atoms with Crippen LogP contribution in [0.5, 0.6) is 5.88 Å². The molecule has 0 saturated heterocycles. The van der Waals surface area contributed by atoms with Gasteiger partial charge in [0.1, 0.15) is 11.5 Å². The molecule has 2 aromatic carbocycles. The zero-order valence-corrected chi connectivity index (χ0v) is 24.7. The Morgan fingerprint density at radius 3 is 2.14 bits per heavy atom. The normalized spacial score (nSPS) is 13.4. The van der Waals surface area contributed by atoms with Crippen LogP contribution >= 0.6 is 0 Å². The molecule has 0 spiro atoms. The molecule has 1 aliphatic rings. The molecule has 1 fully saturated rings. The molecule has 0 aliphatic heterocycles. The number of carbonyl (C=O) groups excluding carboxylic acids is 2. The first kappa shape index (κ1) is 33.6. The third-order valence-corrected chi connectivity index (χ3v) is 6.78. The average Bonchev–Trinajstić information content (AvgIpc) is 2.94. The zero-order valence-electron chi connectivity index (χ0n) is 23.9. The lowest BCUT2D eigenvalue weighted by molar-refractivity contribution is 0.0697. The van der Waals surface area contributed by atoms with Gasteiger partial charge in [0.05, 0.1) is 31.6 Å². The molecule has 1 atom stereocenters. The number of anilines is 1. The number of aliphatic hydroxyl groups excluding tert-OH is 1. The van der Waals surface area contributed by atoms with E-state index < -0.39 is 33.9 Å². The maximum Gasteiger partial charge on any atom is 0.336 e. The fourth-order valence-corrected chi connectivity index (χ4v) is 4.37. The number of pyridine rings is 1. The molecule has 8 N–H and O–H groups in total. The number of aromatic carboxylic acids is 1. The standard InChI is InChI=1S/C28H29N5O6.CH4O3S/c1-39-23-12-11-20(24(33-23)27(36)31-18-8-5-16(6-9-18)25(29)30)19-10-7-17(13-21(19)28(37)38)26(35)32-22(14-34)15-3-2-4-15;1-5(2,3)4/h5-13,15,22,34H,2-4,14H2,1H3,(H3,29,30)(H,31,36)(H,32,35)(H,37,38);1H3,(H,2,3,4). The number of amides is 2. The molecule has 1 aromatic heterocycles. The fourth-order valence-electron chi connectivity index (χ4n) is 4.37. The smallest absolute Gasteiger partial charge is 0.336 e. The number of benzene rings is 2. The Bertz CT molecular complexity index is 1650. The van der Waals surface area contributed by atoms with Gasteiger partial charge in [0.15, 0.2) is 0 Å². The molecule has 0 bridgehead atoms. The predicted molar refractivity (Wildman–Crippen MR) is 162 cm³/mol. The van der Waals surface area contributed by atoms with Gasteiger partial charge in [-0.1, -0.05) is 12.5 Å². The van der Waals surface area contributed by atoms with Crippen molar-refractivity contribution in [2.75, 3.05) is 25.3 Å². The first-order valence-electron chi connectivity index (χ1n) is 13.2. The summed E-state index contributed by atoms with van der Waals surface area (Å²) in [5.74, 6) is -2.17. The van der Waals surface area contributed by atoms with E-state index in [-0.39, 0.29) is 52.2 Å². The number of amidine groups is 1. The number of aliphatic hydroxyl groups is 1. The summed E-state index contributed by atoms with van der Waals surface area (Å²) in [6.07, 6.45) is 3.60. The summed E-state index contributed by atoms with van der Waals surface area (Å²) < 4.78 is 31.0. The Labute approximate surface area is 253 Å². The van der Waals surface area contributed by atoms with Crippen LogP contribution in [0.25, 0.3) is 11.1 Å². The number of carboxylic acids is 1. The highest BCUT2D eigenvalue weighted by atomic mass is 32.2. The van der Waals surface area contributed by atoms with E-state index in [4.69, 9.17) is 20.4 Å². The summed E-state index contributed by atoms with van der Waals surface area (Å²) in [6, 6.07) is 13.1. The van der Waals surface area contributed by atoms with Crippen LogP contribution in [0.2, 0.25) is 0 Å². The number of carboxylic acid groups (broad SMARTS) is 1. The summed E-state index contributed by atoms with van der Waals surface area (Å²) in [6.45, 7) is -0.201. The molecule has 15 heteroatoms. The molecule has 14 nitrogen and oxygen atoms in total. The van der Waals surface area contributed by atoms with E-state index in [1.807, 2.05) is 0 Å². The van der Waals surface area contributed by atoms with Gasteiger partial charge in [0.2, 0.25) is 5.88 Å². The second-order valence-electron chi connectivity index (χ2n) is 9.95. The summed E-state index contributed by atoms with van der Waals surface area (Å²) in [4.78, 5) is 42.7. The van der Waals surface area contributed by atoms with E-state index in [1.165, 1.54) is 37.4 Å². The van der Waals surface area contributed by atoms with Gasteiger partial charge in [-0.05, 0) is 66.8 Å². The van der Waals surface area contributed by atoms with Gasteiger partial charge >= 0.3 is 5.97 Å². The minimum absolute atomic E-state index is 0.0879. The second kappa shape index (κ2) is 14.5. The van der Waals surface area contributed by atoms with E-state index >= 15 is 0 Å². The number of rotatable bonds is 10. The Balaban J connectivity index is 0.000000978. The van der Waals surface area contributed by atoms with Crippen molar-refractivity contribution in [3.63, 3.8) is 0 Å². The number of ether oxygens (including phenoxy) is 1. The van der Waals surface area contributed by atoms with Crippen LogP contribution in [0, 0.1) is 11.3 Å². The molecular formula is C29H33N5O9S. The van der Waals surface area contributed by atoms with Crippen molar-refractivity contribution in [3.05, 3.63) is 77.0 Å². The lowest BCUT2D eigenvalue weighted by Crippen LogP contribution is -2.45. The third kappa shape index (κ3) is 9.07. The zero-order chi connectivity index (χ0) is 32.6. The van der Waals surface area contributed by atoms with Gasteiger partial charge in [-0.3, -0.25) is 19.6 Å². The van der Waals surface area contributed by atoms with Crippen molar-refractivity contribution < 1.29 is 42.3 Å². The van der Waals surface area contributed by atoms with Crippen molar-refractivity contribution in [2.45, 2.75) is 25.3 Å². The Morgan fingerprint density at radius 2 is 1.64 bits per heavy atom. The highest BCUT2D eigenvalue weighted by Crippen LogP contribution is 2.31. The first-order chi connectivity index (χ1) is 20.7. The number of hydrogen-bond acceptors (Lipinski definition) is 9. The number of nitrogens with zero attached hydrogens (tertiary/aromatic N) is 1. The largest absolute Gasteiger partial charge is 0.481 e. The highest BCUT2D eigenvalue weighted by Gasteiger charge is 2.29. The van der Waals surface area contributed by atoms with E-state index in [2.05, 4.69) is 15.6 Å². The molecule has 3 aromatic rings.